The molecule has 0 saturated carbocycles. The normalized spacial score (nSPS) is 15.0. The van der Waals surface area contributed by atoms with Crippen molar-refractivity contribution in [2.45, 2.75) is 45.1 Å². The molecule has 0 spiro atoms. The molecule has 1 atom stereocenters. The lowest BCUT2D eigenvalue weighted by molar-refractivity contribution is 0.301. The van der Waals surface area contributed by atoms with E-state index in [-0.39, 0.29) is 6.61 Å². The van der Waals surface area contributed by atoms with Gasteiger partial charge in [0.2, 0.25) is 0 Å². The van der Waals surface area contributed by atoms with Crippen LogP contribution in [-0.2, 0) is 25.8 Å². The van der Waals surface area contributed by atoms with Crippen LogP contribution >= 0.6 is 0 Å². The van der Waals surface area contributed by atoms with Crippen molar-refractivity contribution >= 4 is 5.69 Å². The molecule has 4 rings (SSSR count). The molecule has 3 aromatic rings. The third-order valence-electron chi connectivity index (χ3n) is 7.04. The highest BCUT2D eigenvalue weighted by atomic mass is 16.5. The standard InChI is InChI=1S/C30H38N2O3/c1-3-31-15-14-22-4-6-23(7-5-22)21-32(16-17-33)30-20-28(35-2)12-13-29(30)26-9-8-25-19-27(34)11-10-24(25)18-26/h4-7,10-13,19-20,26,31,33-34H,3,8-9,14-18,21H2,1-2H3/t26-/m1/s1. The van der Waals surface area contributed by atoms with Gasteiger partial charge in [-0.2, -0.15) is 0 Å². The van der Waals surface area contributed by atoms with E-state index in [2.05, 4.69) is 59.6 Å². The van der Waals surface area contributed by atoms with E-state index in [1.165, 1.54) is 27.8 Å². The number of aryl methyl sites for hydroxylation is 1. The molecule has 0 unspecified atom stereocenters. The Morgan fingerprint density at radius 2 is 1.80 bits per heavy atom. The average Bonchev–Trinajstić information content (AvgIpc) is 2.89. The Morgan fingerprint density at radius 1 is 1.00 bits per heavy atom. The number of fused-ring (bicyclic) bond motifs is 1. The predicted molar refractivity (Wildman–Crippen MR) is 143 cm³/mol. The zero-order valence-corrected chi connectivity index (χ0v) is 21.0. The number of aliphatic hydroxyl groups is 1. The van der Waals surface area contributed by atoms with Gasteiger partial charge in [-0.3, -0.25) is 0 Å². The van der Waals surface area contributed by atoms with Crippen LogP contribution in [0.1, 0.15) is 47.1 Å². The quantitative estimate of drug-likeness (QED) is 0.348. The van der Waals surface area contributed by atoms with Gasteiger partial charge in [0.1, 0.15) is 11.5 Å². The number of anilines is 1. The van der Waals surface area contributed by atoms with Crippen molar-refractivity contribution in [3.05, 3.63) is 88.5 Å². The van der Waals surface area contributed by atoms with E-state index in [0.717, 1.165) is 56.8 Å². The van der Waals surface area contributed by atoms with Crippen LogP contribution in [0.25, 0.3) is 0 Å². The number of hydrogen-bond donors (Lipinski definition) is 3. The van der Waals surface area contributed by atoms with E-state index < -0.39 is 0 Å². The lowest BCUT2D eigenvalue weighted by Gasteiger charge is -2.32. The molecular weight excluding hydrogens is 436 g/mol. The number of phenols is 1. The summed E-state index contributed by atoms with van der Waals surface area (Å²) < 4.78 is 5.58. The van der Waals surface area contributed by atoms with Gasteiger partial charge in [0.25, 0.3) is 0 Å². The summed E-state index contributed by atoms with van der Waals surface area (Å²) in [5.41, 5.74) is 7.53. The molecule has 0 aliphatic heterocycles. The molecule has 0 amide bonds. The van der Waals surface area contributed by atoms with Crippen LogP contribution in [0, 0.1) is 0 Å². The van der Waals surface area contributed by atoms with Gasteiger partial charge in [0, 0.05) is 24.8 Å². The SMILES string of the molecule is CCNCCc1ccc(CN(CCO)c2cc(OC)ccc2[C@@H]2CCc3cc(O)ccc3C2)cc1. The third-order valence-corrected chi connectivity index (χ3v) is 7.04. The number of phenolic OH excluding ortho intramolecular Hbond substituents is 1. The minimum atomic E-state index is 0.0875. The lowest BCUT2D eigenvalue weighted by Crippen LogP contribution is -2.28. The largest absolute Gasteiger partial charge is 0.508 e. The van der Waals surface area contributed by atoms with E-state index in [0.29, 0.717) is 18.2 Å². The summed E-state index contributed by atoms with van der Waals surface area (Å²) in [5, 5.41) is 23.2. The van der Waals surface area contributed by atoms with E-state index in [1.54, 1.807) is 13.2 Å². The number of nitrogens with zero attached hydrogens (tertiary/aromatic N) is 1. The summed E-state index contributed by atoms with van der Waals surface area (Å²) in [6.07, 6.45) is 3.95. The van der Waals surface area contributed by atoms with Crippen LogP contribution in [0.4, 0.5) is 5.69 Å². The van der Waals surface area contributed by atoms with Crippen molar-refractivity contribution in [1.82, 2.24) is 5.32 Å². The van der Waals surface area contributed by atoms with Crippen molar-refractivity contribution in [1.29, 1.82) is 0 Å². The van der Waals surface area contributed by atoms with Crippen molar-refractivity contribution in [2.75, 3.05) is 38.3 Å². The van der Waals surface area contributed by atoms with E-state index >= 15 is 0 Å². The number of likely N-dealkylation sites (N-methyl/N-ethyl adjacent to an activating group) is 1. The second kappa shape index (κ2) is 12.1. The molecule has 1 aliphatic carbocycles. The van der Waals surface area contributed by atoms with E-state index in [1.807, 2.05) is 12.1 Å². The molecule has 5 heteroatoms. The molecule has 0 radical (unpaired) electrons. The second-order valence-corrected chi connectivity index (χ2v) is 9.38. The molecule has 1 aliphatic rings. The fraction of sp³-hybridized carbons (Fsp3) is 0.400. The highest BCUT2D eigenvalue weighted by Gasteiger charge is 2.25. The number of rotatable bonds is 11. The topological polar surface area (TPSA) is 65.0 Å². The van der Waals surface area contributed by atoms with E-state index in [9.17, 15) is 10.2 Å². The number of benzene rings is 3. The van der Waals surface area contributed by atoms with Crippen LogP contribution in [0.2, 0.25) is 0 Å². The van der Waals surface area contributed by atoms with Gasteiger partial charge in [-0.05, 0) is 90.7 Å². The van der Waals surface area contributed by atoms with Gasteiger partial charge in [0.15, 0.2) is 0 Å². The van der Waals surface area contributed by atoms with Gasteiger partial charge in [0.05, 0.1) is 13.7 Å². The van der Waals surface area contributed by atoms with Crippen LogP contribution in [-0.4, -0.2) is 43.6 Å². The second-order valence-electron chi connectivity index (χ2n) is 9.38. The number of methoxy groups -OCH3 is 1. The average molecular weight is 475 g/mol. The summed E-state index contributed by atoms with van der Waals surface area (Å²) in [6, 6.07) is 20.9. The summed E-state index contributed by atoms with van der Waals surface area (Å²) in [4.78, 5) is 2.28. The number of aliphatic hydroxyl groups excluding tert-OH is 1. The van der Waals surface area contributed by atoms with Crippen LogP contribution in [0.15, 0.2) is 60.7 Å². The molecule has 0 saturated heterocycles. The molecule has 0 aromatic heterocycles. The maximum absolute atomic E-state index is 9.92. The molecule has 0 fully saturated rings. The summed E-state index contributed by atoms with van der Waals surface area (Å²) in [6.45, 7) is 5.48. The Bertz CT molecular complexity index is 1100. The maximum Gasteiger partial charge on any atom is 0.120 e. The van der Waals surface area contributed by atoms with Crippen molar-refractivity contribution < 1.29 is 14.9 Å². The first-order valence-electron chi connectivity index (χ1n) is 12.7. The van der Waals surface area contributed by atoms with Gasteiger partial charge in [-0.1, -0.05) is 43.3 Å². The molecule has 35 heavy (non-hydrogen) atoms. The maximum atomic E-state index is 9.92. The van der Waals surface area contributed by atoms with Crippen molar-refractivity contribution in [3.8, 4) is 11.5 Å². The first kappa shape index (κ1) is 25.1. The van der Waals surface area contributed by atoms with Crippen LogP contribution < -0.4 is 15.0 Å². The monoisotopic (exact) mass is 474 g/mol. The molecule has 0 bridgehead atoms. The van der Waals surface area contributed by atoms with Gasteiger partial charge < -0.3 is 25.2 Å². The molecule has 5 nitrogen and oxygen atoms in total. The predicted octanol–water partition coefficient (Wildman–Crippen LogP) is 4.82. The molecule has 3 aromatic carbocycles. The molecule has 3 N–H and O–H groups in total. The Kier molecular flexibility index (Phi) is 8.67. The Hall–Kier alpha value is -3.02. The number of aromatic hydroxyl groups is 1. The number of ether oxygens (including phenoxy) is 1. The van der Waals surface area contributed by atoms with Gasteiger partial charge in [-0.25, -0.2) is 0 Å². The van der Waals surface area contributed by atoms with Crippen LogP contribution in [0.5, 0.6) is 11.5 Å². The lowest BCUT2D eigenvalue weighted by atomic mass is 9.79. The summed E-state index contributed by atoms with van der Waals surface area (Å²) in [5.74, 6) is 1.54. The Labute approximate surface area is 209 Å². The Balaban J connectivity index is 1.58. The summed E-state index contributed by atoms with van der Waals surface area (Å²) >= 11 is 0. The van der Waals surface area contributed by atoms with E-state index in [4.69, 9.17) is 4.74 Å². The number of nitrogens with one attached hydrogen (secondary N) is 1. The minimum Gasteiger partial charge on any atom is -0.508 e. The van der Waals surface area contributed by atoms with Crippen molar-refractivity contribution in [2.24, 2.45) is 0 Å². The minimum absolute atomic E-state index is 0.0875. The first-order valence-corrected chi connectivity index (χ1v) is 12.7. The number of hydrogen-bond acceptors (Lipinski definition) is 5. The highest BCUT2D eigenvalue weighted by Crippen LogP contribution is 2.40. The molecule has 186 valence electrons. The van der Waals surface area contributed by atoms with Crippen molar-refractivity contribution in [3.63, 3.8) is 0 Å². The summed E-state index contributed by atoms with van der Waals surface area (Å²) in [7, 11) is 1.70. The van der Waals surface area contributed by atoms with Crippen LogP contribution in [0.3, 0.4) is 0 Å². The molecule has 0 heterocycles. The zero-order chi connectivity index (χ0) is 24.6. The van der Waals surface area contributed by atoms with Gasteiger partial charge >= 0.3 is 0 Å². The highest BCUT2D eigenvalue weighted by molar-refractivity contribution is 5.60. The molecular formula is C30H38N2O3. The third kappa shape index (κ3) is 6.36. The van der Waals surface area contributed by atoms with Gasteiger partial charge in [-0.15, -0.1) is 0 Å². The zero-order valence-electron chi connectivity index (χ0n) is 21.0. The Morgan fingerprint density at radius 3 is 2.54 bits per heavy atom. The fourth-order valence-electron chi connectivity index (χ4n) is 5.12. The fourth-order valence-corrected chi connectivity index (χ4v) is 5.12. The smallest absolute Gasteiger partial charge is 0.120 e. The first-order chi connectivity index (χ1) is 17.1.